The first kappa shape index (κ1) is 18.3. The minimum Gasteiger partial charge on any atom is -0.310 e. The lowest BCUT2D eigenvalue weighted by Gasteiger charge is -2.27. The molecule has 0 aromatic heterocycles. The van der Waals surface area contributed by atoms with Crippen LogP contribution < -0.4 is 4.90 Å². The first-order valence-electron chi connectivity index (χ1n) is 23.8. The Bertz CT molecular complexity index is 3410. The maximum Gasteiger partial charge on any atom is 0.0645 e. The van der Waals surface area contributed by atoms with Crippen molar-refractivity contribution in [2.75, 3.05) is 4.90 Å². The molecule has 0 saturated heterocycles. The lowest BCUT2D eigenvalue weighted by Crippen LogP contribution is -2.10. The highest BCUT2D eigenvalue weighted by atomic mass is 15.1. The number of benzene rings is 9. The van der Waals surface area contributed by atoms with Gasteiger partial charge in [-0.15, -0.1) is 0 Å². The molecule has 0 bridgehead atoms. The largest absolute Gasteiger partial charge is 0.310 e. The van der Waals surface area contributed by atoms with E-state index in [1.807, 2.05) is 84.9 Å². The second-order valence-corrected chi connectivity index (χ2v) is 11.8. The van der Waals surface area contributed by atoms with Crippen LogP contribution in [0.25, 0.3) is 66.1 Å². The molecular formula is C50H35N. The van der Waals surface area contributed by atoms with E-state index in [1.165, 1.54) is 0 Å². The molecule has 0 radical (unpaired) electrons. The van der Waals surface area contributed by atoms with E-state index in [2.05, 4.69) is 0 Å². The zero-order valence-electron chi connectivity index (χ0n) is 42.0. The Morgan fingerprint density at radius 2 is 0.941 bits per heavy atom. The molecule has 0 N–H and O–H groups in total. The molecule has 1 nitrogen and oxygen atoms in total. The third kappa shape index (κ3) is 5.86. The smallest absolute Gasteiger partial charge is 0.0645 e. The summed E-state index contributed by atoms with van der Waals surface area (Å²) < 4.78 is 138. The Morgan fingerprint density at radius 1 is 0.333 bits per heavy atom. The van der Waals surface area contributed by atoms with Crippen LogP contribution in [-0.2, 0) is 0 Å². The monoisotopic (exact) mass is 664 g/mol. The maximum absolute atomic E-state index is 9.66. The van der Waals surface area contributed by atoms with E-state index < -0.39 is 118 Å². The highest BCUT2D eigenvalue weighted by Crippen LogP contribution is 2.41. The van der Waals surface area contributed by atoms with E-state index >= 15 is 0 Å². The predicted octanol–water partition coefficient (Wildman–Crippen LogP) is 14.1. The molecule has 51 heavy (non-hydrogen) atoms. The molecule has 0 saturated carbocycles. The van der Waals surface area contributed by atoms with Crippen LogP contribution in [0.3, 0.4) is 0 Å². The van der Waals surface area contributed by atoms with E-state index in [1.54, 1.807) is 36.4 Å². The Labute approximate surface area is 320 Å². The van der Waals surface area contributed by atoms with Crippen LogP contribution in [0, 0.1) is 0 Å². The molecule has 9 aromatic carbocycles. The Kier molecular flexibility index (Phi) is 4.79. The number of fused-ring (bicyclic) bond motifs is 2. The third-order valence-electron chi connectivity index (χ3n) is 8.72. The number of rotatable bonds is 7. The summed E-state index contributed by atoms with van der Waals surface area (Å²) in [6.07, 6.45) is 0. The summed E-state index contributed by atoms with van der Waals surface area (Å²) in [4.78, 5) is 0.773. The van der Waals surface area contributed by atoms with Crippen molar-refractivity contribution < 1.29 is 20.6 Å². The van der Waals surface area contributed by atoms with Crippen molar-refractivity contribution in [3.05, 3.63) is 212 Å². The van der Waals surface area contributed by atoms with Crippen molar-refractivity contribution in [1.82, 2.24) is 0 Å². The van der Waals surface area contributed by atoms with Gasteiger partial charge in [-0.1, -0.05) is 176 Å². The van der Waals surface area contributed by atoms with Gasteiger partial charge in [-0.05, 0) is 96.9 Å². The fraction of sp³-hybridized carbons (Fsp3) is 0. The molecule has 0 amide bonds. The molecular weight excluding hydrogens is 615 g/mol. The van der Waals surface area contributed by atoms with Crippen LogP contribution >= 0.6 is 0 Å². The highest BCUT2D eigenvalue weighted by Gasteiger charge is 2.17. The number of nitrogens with zero attached hydrogens (tertiary/aromatic N) is 1. The summed E-state index contributed by atoms with van der Waals surface area (Å²) in [7, 11) is 0. The van der Waals surface area contributed by atoms with E-state index in [-0.39, 0.29) is 11.1 Å². The molecule has 0 atom stereocenters. The zero-order valence-corrected chi connectivity index (χ0v) is 27.0. The van der Waals surface area contributed by atoms with Crippen LogP contribution in [0.2, 0.25) is 0 Å². The molecule has 1 heteroatoms. The zero-order chi connectivity index (χ0) is 47.0. The molecule has 9 rings (SSSR count). The molecule has 0 heterocycles. The average molecular weight is 665 g/mol. The van der Waals surface area contributed by atoms with Crippen molar-refractivity contribution >= 4 is 38.6 Å². The lowest BCUT2D eigenvalue weighted by molar-refractivity contribution is 1.30. The summed E-state index contributed by atoms with van der Waals surface area (Å²) in [5.41, 5.74) is 1.68. The first-order valence-corrected chi connectivity index (χ1v) is 16.3. The van der Waals surface area contributed by atoms with Gasteiger partial charge in [0.1, 0.15) is 0 Å². The first-order chi connectivity index (χ1) is 31.6. The SMILES string of the molecule is [2H]c1c([2H])c(N(c2c([2H])c([2H])c(-c3cccc4ccccc34)c([2H])c2[2H])c2c([2H])c([2H])c([2H])c3c([2H])c([2H])c([2H])c([2H])c23)c([2H])c([2H])c1-c1ccc(-c2ccccc2)c(-c2ccccc2)c1. The number of anilines is 3. The van der Waals surface area contributed by atoms with Gasteiger partial charge >= 0.3 is 0 Å². The molecule has 0 aliphatic heterocycles. The minimum atomic E-state index is -0.863. The second kappa shape index (κ2) is 13.3. The Balaban J connectivity index is 1.39. The molecule has 9 aromatic rings. The summed E-state index contributed by atoms with van der Waals surface area (Å²) in [6, 6.07) is 25.8. The van der Waals surface area contributed by atoms with Crippen molar-refractivity contribution in [2.45, 2.75) is 0 Å². The van der Waals surface area contributed by atoms with Crippen molar-refractivity contribution in [3.63, 3.8) is 0 Å². The van der Waals surface area contributed by atoms with Gasteiger partial charge in [0.05, 0.1) is 26.2 Å². The predicted molar refractivity (Wildman–Crippen MR) is 218 cm³/mol. The highest BCUT2D eigenvalue weighted by molar-refractivity contribution is 6.00. The van der Waals surface area contributed by atoms with Gasteiger partial charge in [-0.2, -0.15) is 0 Å². The van der Waals surface area contributed by atoms with Gasteiger partial charge < -0.3 is 4.90 Å². The van der Waals surface area contributed by atoms with Gasteiger partial charge in [-0.3, -0.25) is 0 Å². The molecule has 0 unspecified atom stereocenters. The Hall–Kier alpha value is -6.70. The average Bonchev–Trinajstić information content (AvgIpc) is 3.33. The van der Waals surface area contributed by atoms with E-state index in [9.17, 15) is 12.3 Å². The van der Waals surface area contributed by atoms with E-state index in [0.717, 1.165) is 32.5 Å². The second-order valence-electron chi connectivity index (χ2n) is 11.8. The van der Waals surface area contributed by atoms with Crippen molar-refractivity contribution in [1.29, 1.82) is 0 Å². The normalized spacial score (nSPS) is 15.3. The summed E-state index contributed by atoms with van der Waals surface area (Å²) in [5.74, 6) is 0. The fourth-order valence-electron chi connectivity index (χ4n) is 6.29. The van der Waals surface area contributed by atoms with Crippen LogP contribution in [0.15, 0.2) is 212 Å². The topological polar surface area (TPSA) is 3.24 Å². The lowest BCUT2D eigenvalue weighted by atomic mass is 9.91. The standard InChI is InChI=1S/C50H35N/c1-3-13-37(14-4-1)47-34-29-42(35-49(47)40-15-5-2-6-16-40)36-25-30-43(31-26-36)51(50-24-12-20-39-18-8-10-22-48(39)50)44-32-27-41(28-33-44)46-23-11-19-38-17-7-9-21-45(38)46/h1-35H/i8D,10D,12D,18D,20D,22D,24D,25D,26D,27D,28D,30D,31D,32D,33D. The number of hydrogen-bond acceptors (Lipinski definition) is 1. The van der Waals surface area contributed by atoms with Crippen LogP contribution in [-0.4, -0.2) is 0 Å². The molecule has 240 valence electrons. The molecule has 0 aliphatic rings. The Morgan fingerprint density at radius 3 is 1.69 bits per heavy atom. The van der Waals surface area contributed by atoms with Crippen molar-refractivity contribution in [2.24, 2.45) is 0 Å². The number of hydrogen-bond donors (Lipinski definition) is 0. The quantitative estimate of drug-likeness (QED) is 0.164. The summed E-state index contributed by atoms with van der Waals surface area (Å²) >= 11 is 0. The van der Waals surface area contributed by atoms with Gasteiger partial charge in [0, 0.05) is 16.8 Å². The van der Waals surface area contributed by atoms with E-state index in [4.69, 9.17) is 8.22 Å². The maximum atomic E-state index is 9.66. The molecule has 0 fully saturated rings. The minimum absolute atomic E-state index is 0.103. The molecule has 0 spiro atoms. The summed E-state index contributed by atoms with van der Waals surface area (Å²) in [5, 5.41) is 0.327. The summed E-state index contributed by atoms with van der Waals surface area (Å²) in [6.45, 7) is 0. The van der Waals surface area contributed by atoms with Gasteiger partial charge in [0.25, 0.3) is 0 Å². The van der Waals surface area contributed by atoms with Crippen molar-refractivity contribution in [3.8, 4) is 44.5 Å². The fourth-order valence-corrected chi connectivity index (χ4v) is 6.29. The van der Waals surface area contributed by atoms with Crippen LogP contribution in [0.5, 0.6) is 0 Å². The molecule has 0 aliphatic carbocycles. The van der Waals surface area contributed by atoms with Gasteiger partial charge in [-0.25, -0.2) is 0 Å². The van der Waals surface area contributed by atoms with Gasteiger partial charge in [0.15, 0.2) is 0 Å². The van der Waals surface area contributed by atoms with E-state index in [0.29, 0.717) is 16.5 Å². The van der Waals surface area contributed by atoms with Crippen LogP contribution in [0.1, 0.15) is 20.6 Å². The van der Waals surface area contributed by atoms with Crippen LogP contribution in [0.4, 0.5) is 17.1 Å². The third-order valence-corrected chi connectivity index (χ3v) is 8.72. The van der Waals surface area contributed by atoms with Gasteiger partial charge in [0.2, 0.25) is 0 Å².